The van der Waals surface area contributed by atoms with Crippen LogP contribution in [-0.4, -0.2) is 18.5 Å². The van der Waals surface area contributed by atoms with Gasteiger partial charge in [-0.1, -0.05) is 37.3 Å². The second-order valence-corrected chi connectivity index (χ2v) is 5.92. The Balaban J connectivity index is 1.78. The molecule has 0 saturated heterocycles. The van der Waals surface area contributed by atoms with Crippen LogP contribution in [0.2, 0.25) is 0 Å². The number of carbonyl (C=O) groups excluding carboxylic acids is 2. The van der Waals surface area contributed by atoms with Gasteiger partial charge in [-0.25, -0.2) is 0 Å². The molecule has 5 nitrogen and oxygen atoms in total. The SMILES string of the molecule is C[C@@H](CC(=O)OCC(=O)Nc1sccc1C#N)c1ccccc1. The largest absolute Gasteiger partial charge is 0.456 e. The lowest BCUT2D eigenvalue weighted by Gasteiger charge is -2.11. The third-order valence-electron chi connectivity index (χ3n) is 3.24. The zero-order valence-electron chi connectivity index (χ0n) is 12.6. The van der Waals surface area contributed by atoms with E-state index in [0.717, 1.165) is 5.56 Å². The number of nitrogens with zero attached hydrogens (tertiary/aromatic N) is 1. The Bertz CT molecular complexity index is 719. The third kappa shape index (κ3) is 4.94. The summed E-state index contributed by atoms with van der Waals surface area (Å²) in [6.45, 7) is 1.57. The average Bonchev–Trinajstić information content (AvgIpc) is 3.01. The molecule has 0 aliphatic rings. The van der Waals surface area contributed by atoms with Gasteiger partial charge in [0.15, 0.2) is 6.61 Å². The van der Waals surface area contributed by atoms with Gasteiger partial charge in [0.1, 0.15) is 11.1 Å². The number of nitriles is 1. The van der Waals surface area contributed by atoms with E-state index in [1.54, 1.807) is 11.4 Å². The van der Waals surface area contributed by atoms with E-state index in [2.05, 4.69) is 5.32 Å². The molecule has 0 saturated carbocycles. The predicted octanol–water partition coefficient (Wildman–Crippen LogP) is 3.30. The van der Waals surface area contributed by atoms with Crippen molar-refractivity contribution in [3.05, 3.63) is 52.9 Å². The van der Waals surface area contributed by atoms with E-state index in [-0.39, 0.29) is 18.9 Å². The fourth-order valence-electron chi connectivity index (χ4n) is 2.01. The first-order valence-corrected chi connectivity index (χ1v) is 7.96. The molecule has 1 atom stereocenters. The minimum Gasteiger partial charge on any atom is -0.456 e. The summed E-state index contributed by atoms with van der Waals surface area (Å²) in [6, 6.07) is 13.2. The van der Waals surface area contributed by atoms with Crippen molar-refractivity contribution in [3.8, 4) is 6.07 Å². The second-order valence-electron chi connectivity index (χ2n) is 5.00. The van der Waals surface area contributed by atoms with E-state index in [0.29, 0.717) is 10.6 Å². The molecule has 23 heavy (non-hydrogen) atoms. The first-order valence-electron chi connectivity index (χ1n) is 7.08. The van der Waals surface area contributed by atoms with Crippen molar-refractivity contribution in [2.75, 3.05) is 11.9 Å². The summed E-state index contributed by atoms with van der Waals surface area (Å²) < 4.78 is 4.99. The van der Waals surface area contributed by atoms with Crippen molar-refractivity contribution in [2.45, 2.75) is 19.3 Å². The highest BCUT2D eigenvalue weighted by Gasteiger charge is 2.14. The zero-order chi connectivity index (χ0) is 16.7. The van der Waals surface area contributed by atoms with E-state index >= 15 is 0 Å². The number of benzene rings is 1. The molecule has 6 heteroatoms. The molecule has 0 bridgehead atoms. The fourth-order valence-corrected chi connectivity index (χ4v) is 2.76. The minimum absolute atomic E-state index is 0.0225. The number of hydrogen-bond donors (Lipinski definition) is 1. The van der Waals surface area contributed by atoms with Crippen LogP contribution in [0.4, 0.5) is 5.00 Å². The maximum Gasteiger partial charge on any atom is 0.306 e. The molecule has 0 spiro atoms. The van der Waals surface area contributed by atoms with E-state index in [9.17, 15) is 9.59 Å². The molecule has 1 aromatic heterocycles. The monoisotopic (exact) mass is 328 g/mol. The number of rotatable bonds is 6. The van der Waals surface area contributed by atoms with Crippen LogP contribution >= 0.6 is 11.3 Å². The van der Waals surface area contributed by atoms with Gasteiger partial charge in [0, 0.05) is 0 Å². The van der Waals surface area contributed by atoms with Gasteiger partial charge in [-0.15, -0.1) is 11.3 Å². The lowest BCUT2D eigenvalue weighted by atomic mass is 9.98. The van der Waals surface area contributed by atoms with E-state index in [4.69, 9.17) is 10.00 Å². The Morgan fingerprint density at radius 1 is 1.30 bits per heavy atom. The molecule has 1 aromatic carbocycles. The lowest BCUT2D eigenvalue weighted by Crippen LogP contribution is -2.21. The number of anilines is 1. The summed E-state index contributed by atoms with van der Waals surface area (Å²) in [6.07, 6.45) is 0.208. The highest BCUT2D eigenvalue weighted by Crippen LogP contribution is 2.22. The zero-order valence-corrected chi connectivity index (χ0v) is 13.4. The molecular weight excluding hydrogens is 312 g/mol. The Morgan fingerprint density at radius 2 is 2.04 bits per heavy atom. The number of hydrogen-bond acceptors (Lipinski definition) is 5. The molecule has 1 amide bonds. The summed E-state index contributed by atoms with van der Waals surface area (Å²) in [5, 5.41) is 13.6. The average molecular weight is 328 g/mol. The summed E-state index contributed by atoms with van der Waals surface area (Å²) in [7, 11) is 0. The number of esters is 1. The number of nitrogens with one attached hydrogen (secondary N) is 1. The highest BCUT2D eigenvalue weighted by molar-refractivity contribution is 7.14. The van der Waals surface area contributed by atoms with Crippen molar-refractivity contribution >= 4 is 28.2 Å². The van der Waals surface area contributed by atoms with E-state index in [1.807, 2.05) is 43.3 Å². The van der Waals surface area contributed by atoms with E-state index < -0.39 is 11.9 Å². The summed E-state index contributed by atoms with van der Waals surface area (Å²) in [4.78, 5) is 23.6. The lowest BCUT2D eigenvalue weighted by molar-refractivity contribution is -0.147. The van der Waals surface area contributed by atoms with Gasteiger partial charge in [0.2, 0.25) is 0 Å². The van der Waals surface area contributed by atoms with Gasteiger partial charge in [0.25, 0.3) is 5.91 Å². The van der Waals surface area contributed by atoms with Crippen LogP contribution in [0.3, 0.4) is 0 Å². The van der Waals surface area contributed by atoms with E-state index in [1.165, 1.54) is 11.3 Å². The predicted molar refractivity (Wildman–Crippen MR) is 88.1 cm³/mol. The minimum atomic E-state index is -0.454. The smallest absolute Gasteiger partial charge is 0.306 e. The van der Waals surface area contributed by atoms with Crippen LogP contribution < -0.4 is 5.32 Å². The third-order valence-corrected chi connectivity index (χ3v) is 4.07. The molecule has 0 aliphatic heterocycles. The van der Waals surface area contributed by atoms with Gasteiger partial charge in [-0.2, -0.15) is 5.26 Å². The number of carbonyl (C=O) groups is 2. The molecule has 0 aliphatic carbocycles. The standard InChI is InChI=1S/C17H16N2O3S/c1-12(13-5-3-2-4-6-13)9-16(21)22-11-15(20)19-17-14(10-18)7-8-23-17/h2-8,12H,9,11H2,1H3,(H,19,20)/t12-/m0/s1. The molecule has 118 valence electrons. The quantitative estimate of drug-likeness (QED) is 0.825. The van der Waals surface area contributed by atoms with Crippen LogP contribution in [0, 0.1) is 11.3 Å². The van der Waals surface area contributed by atoms with Crippen LogP contribution in [0.5, 0.6) is 0 Å². The summed E-state index contributed by atoms with van der Waals surface area (Å²) in [5.74, 6) is -0.859. The van der Waals surface area contributed by atoms with Crippen LogP contribution in [0.1, 0.15) is 30.4 Å². The number of thiophene rings is 1. The van der Waals surface area contributed by atoms with Gasteiger partial charge >= 0.3 is 5.97 Å². The van der Waals surface area contributed by atoms with Crippen LogP contribution in [-0.2, 0) is 14.3 Å². The second kappa shape index (κ2) is 8.11. The van der Waals surface area contributed by atoms with Gasteiger partial charge in [0.05, 0.1) is 12.0 Å². The van der Waals surface area contributed by atoms with Crippen LogP contribution in [0.15, 0.2) is 41.8 Å². The highest BCUT2D eigenvalue weighted by atomic mass is 32.1. The van der Waals surface area contributed by atoms with Crippen molar-refractivity contribution < 1.29 is 14.3 Å². The van der Waals surface area contributed by atoms with Crippen molar-refractivity contribution in [1.82, 2.24) is 0 Å². The van der Waals surface area contributed by atoms with Crippen molar-refractivity contribution in [2.24, 2.45) is 0 Å². The molecule has 1 heterocycles. The maximum atomic E-state index is 11.8. The Hall–Kier alpha value is -2.65. The molecule has 0 unspecified atom stereocenters. The van der Waals surface area contributed by atoms with Crippen molar-refractivity contribution in [1.29, 1.82) is 5.26 Å². The molecular formula is C17H16N2O3S. The molecule has 1 N–H and O–H groups in total. The van der Waals surface area contributed by atoms with Gasteiger partial charge < -0.3 is 10.1 Å². The topological polar surface area (TPSA) is 79.2 Å². The normalized spacial score (nSPS) is 11.3. The van der Waals surface area contributed by atoms with Crippen molar-refractivity contribution in [3.63, 3.8) is 0 Å². The first-order chi connectivity index (χ1) is 11.1. The molecule has 2 aromatic rings. The number of amides is 1. The maximum absolute atomic E-state index is 11.8. The molecule has 0 fully saturated rings. The van der Waals surface area contributed by atoms with Gasteiger partial charge in [-0.05, 0) is 22.9 Å². The van der Waals surface area contributed by atoms with Gasteiger partial charge in [-0.3, -0.25) is 9.59 Å². The first kappa shape index (κ1) is 16.7. The Kier molecular flexibility index (Phi) is 5.89. The summed E-state index contributed by atoms with van der Waals surface area (Å²) in [5.41, 5.74) is 1.44. The molecule has 0 radical (unpaired) electrons. The summed E-state index contributed by atoms with van der Waals surface area (Å²) >= 11 is 1.25. The fraction of sp³-hybridized carbons (Fsp3) is 0.235. The van der Waals surface area contributed by atoms with Crippen LogP contribution in [0.25, 0.3) is 0 Å². The Morgan fingerprint density at radius 3 is 2.74 bits per heavy atom. The Labute approximate surface area is 138 Å². The number of ether oxygens (including phenoxy) is 1. The molecule has 2 rings (SSSR count).